The first-order valence-electron chi connectivity index (χ1n) is 30.5. The van der Waals surface area contributed by atoms with Gasteiger partial charge in [-0.05, 0) is 58.5 Å². The minimum atomic E-state index is -0.774. The van der Waals surface area contributed by atoms with Gasteiger partial charge >= 0.3 is 41.9 Å². The summed E-state index contributed by atoms with van der Waals surface area (Å²) < 4.78 is 40.0. The predicted octanol–water partition coefficient (Wildman–Crippen LogP) is 12.7. The van der Waals surface area contributed by atoms with Crippen LogP contribution < -0.4 is 0 Å². The topological polar surface area (TPSA) is 191 Å². The van der Waals surface area contributed by atoms with Gasteiger partial charge in [-0.3, -0.25) is 33.7 Å². The van der Waals surface area contributed by atoms with E-state index in [0.717, 1.165) is 154 Å². The van der Waals surface area contributed by atoms with Crippen LogP contribution in [0.15, 0.2) is 0 Å². The van der Waals surface area contributed by atoms with Gasteiger partial charge in [-0.2, -0.15) is 0 Å². The molecule has 440 valence electrons. The molecule has 0 saturated carbocycles. The van der Waals surface area contributed by atoms with Gasteiger partial charge in [-0.1, -0.05) is 163 Å². The number of carbonyl (C=O) groups excluding carboxylic acids is 7. The fourth-order valence-corrected chi connectivity index (χ4v) is 9.83. The van der Waals surface area contributed by atoms with Crippen LogP contribution in [-0.4, -0.2) is 130 Å². The van der Waals surface area contributed by atoms with Gasteiger partial charge in [0, 0.05) is 50.0 Å². The highest BCUT2D eigenvalue weighted by Crippen LogP contribution is 2.25. The molecule has 2 heterocycles. The number of rotatable bonds is 46. The van der Waals surface area contributed by atoms with Gasteiger partial charge in [0.05, 0.1) is 58.5 Å². The first kappa shape index (κ1) is 68.2. The zero-order valence-corrected chi connectivity index (χ0v) is 48.4. The Morgan fingerprint density at radius 1 is 0.447 bits per heavy atom. The van der Waals surface area contributed by atoms with Crippen molar-refractivity contribution in [1.29, 1.82) is 0 Å². The third-order valence-electron chi connectivity index (χ3n) is 14.7. The predicted molar refractivity (Wildman–Crippen MR) is 294 cm³/mol. The SMILES string of the molecule is CCCCCCCCC(=O)OCC(COC(=O)CCCCCCCC)CC(=O)OC[C@@H]1C[C@@H](OC(=O)CC(COC(=O)CCCCCCCC)COC(=O)CCCCCCCC)CN1C(=O)OCCC1CCCCN1C. The molecule has 2 fully saturated rings. The Hall–Kier alpha value is -3.95. The minimum absolute atomic E-state index is 0.00694. The molecule has 2 aliphatic rings. The summed E-state index contributed by atoms with van der Waals surface area (Å²) >= 11 is 0. The first-order chi connectivity index (χ1) is 36.9. The number of hydrogen-bond donors (Lipinski definition) is 0. The van der Waals surface area contributed by atoms with Crippen molar-refractivity contribution in [1.82, 2.24) is 9.80 Å². The van der Waals surface area contributed by atoms with E-state index in [-0.39, 0.29) is 115 Å². The van der Waals surface area contributed by atoms with Crippen LogP contribution in [0.4, 0.5) is 4.79 Å². The Labute approximate surface area is 459 Å². The van der Waals surface area contributed by atoms with Crippen molar-refractivity contribution in [3.05, 3.63) is 0 Å². The molecule has 1 unspecified atom stereocenters. The van der Waals surface area contributed by atoms with Gasteiger partial charge < -0.3 is 38.1 Å². The van der Waals surface area contributed by atoms with Crippen molar-refractivity contribution >= 4 is 41.9 Å². The minimum Gasteiger partial charge on any atom is -0.465 e. The molecule has 2 rings (SSSR count). The van der Waals surface area contributed by atoms with Crippen molar-refractivity contribution in [2.24, 2.45) is 11.8 Å². The monoisotopic (exact) mass is 1080 g/mol. The second-order valence-corrected chi connectivity index (χ2v) is 21.8. The lowest BCUT2D eigenvalue weighted by molar-refractivity contribution is -0.157. The van der Waals surface area contributed by atoms with Crippen molar-refractivity contribution in [3.8, 4) is 0 Å². The van der Waals surface area contributed by atoms with E-state index < -0.39 is 42.0 Å². The molecule has 2 saturated heterocycles. The smallest absolute Gasteiger partial charge is 0.410 e. The number of ether oxygens (including phenoxy) is 7. The van der Waals surface area contributed by atoms with E-state index in [1.165, 1.54) is 4.90 Å². The number of piperidine rings is 1. The van der Waals surface area contributed by atoms with Crippen molar-refractivity contribution in [3.63, 3.8) is 0 Å². The molecule has 76 heavy (non-hydrogen) atoms. The summed E-state index contributed by atoms with van der Waals surface area (Å²) in [5.74, 6) is -4.02. The molecular formula is C60H106N2O14. The summed E-state index contributed by atoms with van der Waals surface area (Å²) in [6.07, 6.45) is 27.8. The molecule has 0 aromatic rings. The fraction of sp³-hybridized carbons (Fsp3) is 0.883. The summed E-state index contributed by atoms with van der Waals surface area (Å²) in [5, 5.41) is 0. The Bertz CT molecular complexity index is 1510. The Morgan fingerprint density at radius 2 is 0.842 bits per heavy atom. The third-order valence-corrected chi connectivity index (χ3v) is 14.7. The van der Waals surface area contributed by atoms with Gasteiger partial charge in [0.25, 0.3) is 0 Å². The van der Waals surface area contributed by atoms with Crippen molar-refractivity contribution in [2.75, 3.05) is 59.8 Å². The lowest BCUT2D eigenvalue weighted by Crippen LogP contribution is -2.41. The third kappa shape index (κ3) is 34.7. The fourth-order valence-electron chi connectivity index (χ4n) is 9.83. The van der Waals surface area contributed by atoms with Gasteiger partial charge in [-0.25, -0.2) is 4.79 Å². The van der Waals surface area contributed by atoms with E-state index in [1.807, 2.05) is 0 Å². The molecule has 0 aromatic carbocycles. The van der Waals surface area contributed by atoms with E-state index in [9.17, 15) is 33.6 Å². The van der Waals surface area contributed by atoms with Gasteiger partial charge in [0.1, 0.15) is 12.7 Å². The van der Waals surface area contributed by atoms with Crippen LogP contribution in [0.2, 0.25) is 0 Å². The molecule has 3 atom stereocenters. The molecular weight excluding hydrogens is 973 g/mol. The molecule has 0 radical (unpaired) electrons. The Kier molecular flexibility index (Phi) is 40.3. The van der Waals surface area contributed by atoms with Crippen molar-refractivity contribution in [2.45, 2.75) is 271 Å². The van der Waals surface area contributed by atoms with E-state index in [4.69, 9.17) is 33.2 Å². The maximum Gasteiger partial charge on any atom is 0.410 e. The summed E-state index contributed by atoms with van der Waals surface area (Å²) in [7, 11) is 2.08. The number of amides is 1. The number of hydrogen-bond acceptors (Lipinski definition) is 15. The van der Waals surface area contributed by atoms with Crippen LogP contribution in [0, 0.1) is 11.8 Å². The molecule has 16 nitrogen and oxygen atoms in total. The zero-order valence-electron chi connectivity index (χ0n) is 48.4. The number of esters is 6. The normalized spacial score (nSPS) is 16.7. The Balaban J connectivity index is 2.13. The summed E-state index contributed by atoms with van der Waals surface area (Å²) in [6, 6.07) is -0.405. The van der Waals surface area contributed by atoms with Gasteiger partial charge in [0.2, 0.25) is 0 Å². The number of nitrogens with zero attached hydrogens (tertiary/aromatic N) is 2. The highest BCUT2D eigenvalue weighted by atomic mass is 16.6. The van der Waals surface area contributed by atoms with Gasteiger partial charge in [-0.15, -0.1) is 0 Å². The second-order valence-electron chi connectivity index (χ2n) is 21.8. The maximum absolute atomic E-state index is 13.8. The molecule has 2 aliphatic heterocycles. The summed E-state index contributed by atoms with van der Waals surface area (Å²) in [4.78, 5) is 95.8. The summed E-state index contributed by atoms with van der Waals surface area (Å²) in [5.41, 5.74) is 0. The molecule has 0 aromatic heterocycles. The van der Waals surface area contributed by atoms with Crippen LogP contribution in [0.1, 0.15) is 252 Å². The molecule has 1 amide bonds. The highest BCUT2D eigenvalue weighted by Gasteiger charge is 2.40. The van der Waals surface area contributed by atoms with Crippen LogP contribution in [-0.2, 0) is 61.9 Å². The quantitative estimate of drug-likeness (QED) is 0.0317. The molecule has 0 N–H and O–H groups in total. The number of unbranched alkanes of at least 4 members (excludes halogenated alkanes) is 20. The molecule has 0 bridgehead atoms. The van der Waals surface area contributed by atoms with E-state index in [2.05, 4.69) is 39.6 Å². The van der Waals surface area contributed by atoms with Crippen molar-refractivity contribution < 1.29 is 66.7 Å². The standard InChI is InChI=1S/C60H106N2O14/c1-6-10-14-18-22-26-33-54(63)71-44-49(45-72-55(64)34-27-23-19-15-11-7-2)40-58(67)75-48-52-42-53(43-62(52)60(69)70-39-37-51-32-30-31-38-61(51)5)76-59(68)41-50(46-73-56(65)35-28-24-20-16-12-8-3)47-74-57(66)36-29-25-21-17-13-9-4/h49-53H,6-48H2,1-5H3/t51?,52-,53+/m0/s1. The zero-order chi connectivity index (χ0) is 55.4. The van der Waals surface area contributed by atoms with Crippen LogP contribution in [0.3, 0.4) is 0 Å². The van der Waals surface area contributed by atoms with Gasteiger partial charge in [0.15, 0.2) is 0 Å². The number of carbonyl (C=O) groups is 7. The summed E-state index contributed by atoms with van der Waals surface area (Å²) in [6.45, 7) is 9.08. The average molecular weight is 1080 g/mol. The average Bonchev–Trinajstić information content (AvgIpc) is 3.81. The van der Waals surface area contributed by atoms with E-state index >= 15 is 0 Å². The van der Waals surface area contributed by atoms with Crippen LogP contribution >= 0.6 is 0 Å². The van der Waals surface area contributed by atoms with Crippen LogP contribution in [0.25, 0.3) is 0 Å². The Morgan fingerprint density at radius 3 is 1.25 bits per heavy atom. The lowest BCUT2D eigenvalue weighted by Gasteiger charge is -2.32. The highest BCUT2D eigenvalue weighted by molar-refractivity contribution is 5.73. The maximum atomic E-state index is 13.8. The van der Waals surface area contributed by atoms with E-state index in [0.29, 0.717) is 38.1 Å². The van der Waals surface area contributed by atoms with Crippen LogP contribution in [0.5, 0.6) is 0 Å². The largest absolute Gasteiger partial charge is 0.465 e. The number of likely N-dealkylation sites (tertiary alicyclic amines) is 2. The first-order valence-corrected chi connectivity index (χ1v) is 30.5. The molecule has 0 aliphatic carbocycles. The van der Waals surface area contributed by atoms with E-state index in [1.54, 1.807) is 0 Å². The molecule has 0 spiro atoms. The second kappa shape index (κ2) is 45.0. The molecule has 16 heteroatoms. The lowest BCUT2D eigenvalue weighted by atomic mass is 10.0.